The molecule has 2 atom stereocenters. The lowest BCUT2D eigenvalue weighted by molar-refractivity contribution is 0.178. The smallest absolute Gasteiger partial charge is 0.0236 e. The van der Waals surface area contributed by atoms with E-state index in [2.05, 4.69) is 35.9 Å². The van der Waals surface area contributed by atoms with Crippen molar-refractivity contribution in [1.29, 1.82) is 0 Å². The van der Waals surface area contributed by atoms with E-state index in [-0.39, 0.29) is 0 Å². The average Bonchev–Trinajstić information content (AvgIpc) is 2.63. The van der Waals surface area contributed by atoms with E-state index >= 15 is 0 Å². The summed E-state index contributed by atoms with van der Waals surface area (Å²) in [7, 11) is 0. The Hall–Kier alpha value is -0.120. The predicted molar refractivity (Wildman–Crippen MR) is 68.7 cm³/mol. The molecule has 0 radical (unpaired) electrons. The summed E-state index contributed by atoms with van der Waals surface area (Å²) in [5.74, 6) is 0.801. The third kappa shape index (κ3) is 2.96. The van der Waals surface area contributed by atoms with Crippen LogP contribution in [0.4, 0.5) is 0 Å². The number of hydrogen-bond acceptors (Lipinski definition) is 3. The molecule has 0 aromatic carbocycles. The van der Waals surface area contributed by atoms with Crippen LogP contribution in [-0.4, -0.2) is 61.2 Å². The van der Waals surface area contributed by atoms with Crippen molar-refractivity contribution in [3.63, 3.8) is 0 Å². The van der Waals surface area contributed by atoms with Crippen LogP contribution in [-0.2, 0) is 0 Å². The Kier molecular flexibility index (Phi) is 4.22. The number of nitrogens with zero attached hydrogens (tertiary/aromatic N) is 2. The lowest BCUT2D eigenvalue weighted by Gasteiger charge is -2.29. The fourth-order valence-electron chi connectivity index (χ4n) is 2.99. The molecule has 0 bridgehead atoms. The first-order valence-electron chi connectivity index (χ1n) is 6.85. The van der Waals surface area contributed by atoms with Crippen LogP contribution in [0.1, 0.15) is 27.2 Å². The summed E-state index contributed by atoms with van der Waals surface area (Å²) in [6, 6.07) is 1.53. The fourth-order valence-corrected chi connectivity index (χ4v) is 2.99. The lowest BCUT2D eigenvalue weighted by Crippen LogP contribution is -2.41. The molecule has 0 spiro atoms. The normalized spacial score (nSPS) is 34.5. The summed E-state index contributed by atoms with van der Waals surface area (Å²) in [4.78, 5) is 5.33. The Morgan fingerprint density at radius 2 is 2.00 bits per heavy atom. The molecule has 1 N–H and O–H groups in total. The van der Waals surface area contributed by atoms with Gasteiger partial charge < -0.3 is 5.32 Å². The summed E-state index contributed by atoms with van der Waals surface area (Å²) in [6.07, 6.45) is 1.37. The number of rotatable bonds is 2. The van der Waals surface area contributed by atoms with Crippen molar-refractivity contribution in [3.05, 3.63) is 0 Å². The van der Waals surface area contributed by atoms with Gasteiger partial charge in [0, 0.05) is 44.8 Å². The van der Waals surface area contributed by atoms with Crippen LogP contribution in [0, 0.1) is 5.92 Å². The highest BCUT2D eigenvalue weighted by Gasteiger charge is 2.29. The van der Waals surface area contributed by atoms with Gasteiger partial charge in [0.25, 0.3) is 0 Å². The maximum absolute atomic E-state index is 3.53. The minimum absolute atomic E-state index is 0.715. The number of likely N-dealkylation sites (tertiary alicyclic amines) is 1. The summed E-state index contributed by atoms with van der Waals surface area (Å²) in [5.41, 5.74) is 0. The maximum atomic E-state index is 3.53. The molecule has 2 aliphatic heterocycles. The molecule has 2 unspecified atom stereocenters. The van der Waals surface area contributed by atoms with Gasteiger partial charge in [0.1, 0.15) is 0 Å². The van der Waals surface area contributed by atoms with Crippen molar-refractivity contribution >= 4 is 0 Å². The largest absolute Gasteiger partial charge is 0.315 e. The molecule has 2 heterocycles. The minimum atomic E-state index is 0.715. The highest BCUT2D eigenvalue weighted by molar-refractivity contribution is 4.87. The molecule has 3 heteroatoms. The molecule has 0 amide bonds. The zero-order valence-electron chi connectivity index (χ0n) is 11.1. The Bertz CT molecular complexity index is 217. The van der Waals surface area contributed by atoms with Crippen LogP contribution < -0.4 is 5.32 Å². The Morgan fingerprint density at radius 1 is 1.19 bits per heavy atom. The third-order valence-corrected chi connectivity index (χ3v) is 4.06. The summed E-state index contributed by atoms with van der Waals surface area (Å²) < 4.78 is 0. The van der Waals surface area contributed by atoms with E-state index in [0.717, 1.165) is 12.0 Å². The van der Waals surface area contributed by atoms with E-state index in [9.17, 15) is 0 Å². The van der Waals surface area contributed by atoms with Crippen LogP contribution in [0.5, 0.6) is 0 Å². The molecule has 3 nitrogen and oxygen atoms in total. The summed E-state index contributed by atoms with van der Waals surface area (Å²) >= 11 is 0. The molecule has 94 valence electrons. The molecule has 2 aliphatic rings. The minimum Gasteiger partial charge on any atom is -0.315 e. The van der Waals surface area contributed by atoms with Crippen LogP contribution in [0.2, 0.25) is 0 Å². The molecule has 16 heavy (non-hydrogen) atoms. The van der Waals surface area contributed by atoms with Gasteiger partial charge in [0.05, 0.1) is 0 Å². The first-order valence-corrected chi connectivity index (χ1v) is 6.85. The van der Waals surface area contributed by atoms with Crippen molar-refractivity contribution in [2.24, 2.45) is 5.92 Å². The third-order valence-electron chi connectivity index (χ3n) is 4.06. The van der Waals surface area contributed by atoms with Crippen LogP contribution in [0.25, 0.3) is 0 Å². The summed E-state index contributed by atoms with van der Waals surface area (Å²) in [6.45, 7) is 14.4. The monoisotopic (exact) mass is 225 g/mol. The molecule has 0 aliphatic carbocycles. The average molecular weight is 225 g/mol. The van der Waals surface area contributed by atoms with Crippen LogP contribution in [0.15, 0.2) is 0 Å². The van der Waals surface area contributed by atoms with Crippen molar-refractivity contribution < 1.29 is 0 Å². The van der Waals surface area contributed by atoms with Crippen LogP contribution >= 0.6 is 0 Å². The molecule has 2 saturated heterocycles. The second-order valence-corrected chi connectivity index (χ2v) is 5.84. The Balaban J connectivity index is 1.87. The van der Waals surface area contributed by atoms with Crippen molar-refractivity contribution in [2.45, 2.75) is 39.3 Å². The van der Waals surface area contributed by atoms with Gasteiger partial charge in [0.2, 0.25) is 0 Å². The first kappa shape index (κ1) is 12.3. The Morgan fingerprint density at radius 3 is 2.69 bits per heavy atom. The van der Waals surface area contributed by atoms with E-state index in [1.165, 1.54) is 45.7 Å². The zero-order valence-corrected chi connectivity index (χ0v) is 11.1. The second-order valence-electron chi connectivity index (χ2n) is 5.84. The van der Waals surface area contributed by atoms with E-state index in [4.69, 9.17) is 0 Å². The molecule has 0 aromatic heterocycles. The van der Waals surface area contributed by atoms with Crippen molar-refractivity contribution in [2.75, 3.05) is 39.3 Å². The topological polar surface area (TPSA) is 18.5 Å². The molecular formula is C13H27N3. The van der Waals surface area contributed by atoms with E-state index in [1.807, 2.05) is 0 Å². The highest BCUT2D eigenvalue weighted by Crippen LogP contribution is 2.19. The number of nitrogens with one attached hydrogen (secondary N) is 1. The summed E-state index contributed by atoms with van der Waals surface area (Å²) in [5, 5.41) is 3.53. The van der Waals surface area contributed by atoms with Crippen LogP contribution in [0.3, 0.4) is 0 Å². The fraction of sp³-hybridized carbons (Fsp3) is 1.00. The molecule has 0 saturated carbocycles. The Labute approximate surface area is 100 Å². The SMILES string of the molecule is CC1CNCCN(C2CCN(C(C)C)C2)C1. The lowest BCUT2D eigenvalue weighted by atomic mass is 10.1. The van der Waals surface area contributed by atoms with Crippen molar-refractivity contribution in [3.8, 4) is 0 Å². The van der Waals surface area contributed by atoms with Gasteiger partial charge in [-0.2, -0.15) is 0 Å². The van der Waals surface area contributed by atoms with E-state index in [0.29, 0.717) is 6.04 Å². The predicted octanol–water partition coefficient (Wildman–Crippen LogP) is 1.01. The van der Waals surface area contributed by atoms with E-state index < -0.39 is 0 Å². The van der Waals surface area contributed by atoms with Gasteiger partial charge in [-0.05, 0) is 32.7 Å². The molecule has 0 aromatic rings. The molecular weight excluding hydrogens is 198 g/mol. The van der Waals surface area contributed by atoms with Gasteiger partial charge in [-0.15, -0.1) is 0 Å². The standard InChI is InChI=1S/C13H27N3/c1-11(2)15-6-4-13(10-15)16-7-5-14-8-12(3)9-16/h11-14H,4-10H2,1-3H3. The molecule has 2 fully saturated rings. The second kappa shape index (κ2) is 5.48. The van der Waals surface area contributed by atoms with Gasteiger partial charge in [0.15, 0.2) is 0 Å². The quantitative estimate of drug-likeness (QED) is 0.757. The molecule has 2 rings (SSSR count). The first-order chi connectivity index (χ1) is 7.66. The van der Waals surface area contributed by atoms with Gasteiger partial charge in [-0.1, -0.05) is 6.92 Å². The van der Waals surface area contributed by atoms with Gasteiger partial charge >= 0.3 is 0 Å². The zero-order chi connectivity index (χ0) is 11.5. The number of hydrogen-bond donors (Lipinski definition) is 1. The van der Waals surface area contributed by atoms with Gasteiger partial charge in [-0.25, -0.2) is 0 Å². The highest BCUT2D eigenvalue weighted by atomic mass is 15.3. The maximum Gasteiger partial charge on any atom is 0.0236 e. The van der Waals surface area contributed by atoms with E-state index in [1.54, 1.807) is 0 Å². The van der Waals surface area contributed by atoms with Gasteiger partial charge in [-0.3, -0.25) is 9.80 Å². The van der Waals surface area contributed by atoms with Crippen molar-refractivity contribution in [1.82, 2.24) is 15.1 Å².